The van der Waals surface area contributed by atoms with Gasteiger partial charge in [-0.25, -0.2) is 4.79 Å². The molecule has 0 aliphatic rings. The van der Waals surface area contributed by atoms with Crippen LogP contribution in [-0.2, 0) is 24.0 Å². The second-order valence-electron chi connectivity index (χ2n) is 7.19. The smallest absolute Gasteiger partial charge is 0.326 e. The Hall–Kier alpha value is -2.81. The number of aliphatic hydroxyl groups is 2. The number of hydrogen-bond acceptors (Lipinski definition) is 9. The maximum atomic E-state index is 12.6. The van der Waals surface area contributed by atoms with Crippen molar-refractivity contribution in [2.45, 2.75) is 69.3 Å². The Bertz CT molecular complexity index is 659. The minimum absolute atomic E-state index is 0.122. The first-order valence-electron chi connectivity index (χ1n) is 10.0. The second-order valence-corrected chi connectivity index (χ2v) is 7.19. The van der Waals surface area contributed by atoms with Crippen molar-refractivity contribution in [1.29, 1.82) is 0 Å². The molecule has 0 aromatic carbocycles. The van der Waals surface area contributed by atoms with Crippen molar-refractivity contribution >= 4 is 29.7 Å². The van der Waals surface area contributed by atoms with Gasteiger partial charge in [0.2, 0.25) is 17.7 Å². The zero-order valence-corrected chi connectivity index (χ0v) is 17.8. The van der Waals surface area contributed by atoms with Crippen LogP contribution < -0.4 is 27.4 Å². The molecule has 184 valence electrons. The molecule has 3 amide bonds. The van der Waals surface area contributed by atoms with E-state index >= 15 is 0 Å². The van der Waals surface area contributed by atoms with E-state index in [1.54, 1.807) is 0 Å². The summed E-state index contributed by atoms with van der Waals surface area (Å²) in [7, 11) is 0. The number of amides is 3. The van der Waals surface area contributed by atoms with E-state index in [2.05, 4.69) is 16.0 Å². The molecule has 11 N–H and O–H groups in total. The van der Waals surface area contributed by atoms with Crippen LogP contribution >= 0.6 is 0 Å². The molecule has 0 bridgehead atoms. The standard InChI is InChI=1S/C18H33N5O9/c1-9(25)14(20)17(30)21-10(4-2-3-7-19)15(28)23-12(8-24)16(29)22-11(18(31)32)5-6-13(26)27/h9-12,14,24-25H,2-8,19-20H2,1H3,(H,21,30)(H,22,29)(H,23,28)(H,26,27)(H,31,32). The third-order valence-electron chi connectivity index (χ3n) is 4.48. The summed E-state index contributed by atoms with van der Waals surface area (Å²) in [5.41, 5.74) is 11.0. The summed E-state index contributed by atoms with van der Waals surface area (Å²) < 4.78 is 0. The number of nitrogens with one attached hydrogen (secondary N) is 3. The molecule has 0 aromatic rings. The Morgan fingerprint density at radius 3 is 1.84 bits per heavy atom. The molecule has 0 spiro atoms. The topological polar surface area (TPSA) is 254 Å². The van der Waals surface area contributed by atoms with Gasteiger partial charge in [-0.1, -0.05) is 0 Å². The van der Waals surface area contributed by atoms with E-state index in [0.717, 1.165) is 0 Å². The van der Waals surface area contributed by atoms with E-state index in [1.807, 2.05) is 0 Å². The summed E-state index contributed by atoms with van der Waals surface area (Å²) in [5, 5.41) is 43.4. The molecular formula is C18H33N5O9. The number of carboxylic acids is 2. The van der Waals surface area contributed by atoms with E-state index in [-0.39, 0.29) is 6.42 Å². The maximum absolute atomic E-state index is 12.6. The minimum Gasteiger partial charge on any atom is -0.481 e. The van der Waals surface area contributed by atoms with Crippen LogP contribution in [0.25, 0.3) is 0 Å². The van der Waals surface area contributed by atoms with Gasteiger partial charge < -0.3 is 47.8 Å². The first-order chi connectivity index (χ1) is 14.9. The number of aliphatic carboxylic acids is 2. The van der Waals surface area contributed by atoms with Crippen molar-refractivity contribution in [2.75, 3.05) is 13.2 Å². The van der Waals surface area contributed by atoms with Gasteiger partial charge in [-0.05, 0) is 39.2 Å². The highest BCUT2D eigenvalue weighted by Gasteiger charge is 2.30. The van der Waals surface area contributed by atoms with Crippen LogP contribution in [0.2, 0.25) is 0 Å². The quantitative estimate of drug-likeness (QED) is 0.100. The van der Waals surface area contributed by atoms with Gasteiger partial charge in [-0.3, -0.25) is 19.2 Å². The van der Waals surface area contributed by atoms with E-state index in [1.165, 1.54) is 6.92 Å². The van der Waals surface area contributed by atoms with Crippen LogP contribution in [0.5, 0.6) is 0 Å². The van der Waals surface area contributed by atoms with Gasteiger partial charge >= 0.3 is 11.9 Å². The third kappa shape index (κ3) is 11.0. The molecule has 0 rings (SSSR count). The Balaban J connectivity index is 5.24. The number of carbonyl (C=O) groups is 5. The van der Waals surface area contributed by atoms with E-state index in [4.69, 9.17) is 21.7 Å². The first-order valence-corrected chi connectivity index (χ1v) is 10.0. The third-order valence-corrected chi connectivity index (χ3v) is 4.48. The lowest BCUT2D eigenvalue weighted by atomic mass is 10.1. The summed E-state index contributed by atoms with van der Waals surface area (Å²) in [4.78, 5) is 58.9. The fourth-order valence-electron chi connectivity index (χ4n) is 2.51. The van der Waals surface area contributed by atoms with E-state index < -0.39 is 79.4 Å². The highest BCUT2D eigenvalue weighted by molar-refractivity contribution is 5.94. The predicted molar refractivity (Wildman–Crippen MR) is 110 cm³/mol. The molecule has 0 saturated heterocycles. The number of unbranched alkanes of at least 4 members (excludes halogenated alkanes) is 1. The normalized spacial score (nSPS) is 15.5. The van der Waals surface area contributed by atoms with Crippen molar-refractivity contribution in [3.63, 3.8) is 0 Å². The largest absolute Gasteiger partial charge is 0.481 e. The molecule has 32 heavy (non-hydrogen) atoms. The molecule has 0 aromatic heterocycles. The van der Waals surface area contributed by atoms with Crippen LogP contribution in [0, 0.1) is 0 Å². The highest BCUT2D eigenvalue weighted by Crippen LogP contribution is 2.04. The minimum atomic E-state index is -1.56. The van der Waals surface area contributed by atoms with Crippen molar-refractivity contribution < 1.29 is 44.4 Å². The lowest BCUT2D eigenvalue weighted by Gasteiger charge is -2.24. The molecule has 14 heteroatoms. The van der Waals surface area contributed by atoms with Crippen LogP contribution in [0.1, 0.15) is 39.0 Å². The number of rotatable bonds is 16. The first kappa shape index (κ1) is 29.2. The average molecular weight is 463 g/mol. The molecule has 0 aliphatic heterocycles. The summed E-state index contributed by atoms with van der Waals surface area (Å²) in [6, 6.07) is -5.58. The van der Waals surface area contributed by atoms with Crippen molar-refractivity contribution in [1.82, 2.24) is 16.0 Å². The number of nitrogens with two attached hydrogens (primary N) is 2. The molecule has 0 fully saturated rings. The number of aliphatic hydroxyl groups excluding tert-OH is 2. The number of carboxylic acid groups (broad SMARTS) is 2. The Kier molecular flexibility index (Phi) is 13.7. The molecule has 14 nitrogen and oxygen atoms in total. The Morgan fingerprint density at radius 2 is 1.38 bits per heavy atom. The van der Waals surface area contributed by atoms with Crippen LogP contribution in [0.3, 0.4) is 0 Å². The van der Waals surface area contributed by atoms with Gasteiger partial charge in [-0.15, -0.1) is 0 Å². The molecular weight excluding hydrogens is 430 g/mol. The molecule has 5 atom stereocenters. The van der Waals surface area contributed by atoms with Crippen LogP contribution in [-0.4, -0.2) is 93.5 Å². The molecule has 0 aliphatic carbocycles. The Morgan fingerprint density at radius 1 is 0.844 bits per heavy atom. The lowest BCUT2D eigenvalue weighted by molar-refractivity contribution is -0.143. The van der Waals surface area contributed by atoms with Gasteiger partial charge in [0.15, 0.2) is 0 Å². The predicted octanol–water partition coefficient (Wildman–Crippen LogP) is -3.78. The van der Waals surface area contributed by atoms with Crippen LogP contribution in [0.4, 0.5) is 0 Å². The summed E-state index contributed by atoms with van der Waals surface area (Å²) in [5.74, 6) is -5.45. The average Bonchev–Trinajstić information content (AvgIpc) is 2.72. The maximum Gasteiger partial charge on any atom is 0.326 e. The van der Waals surface area contributed by atoms with Crippen molar-refractivity contribution in [2.24, 2.45) is 11.5 Å². The fraction of sp³-hybridized carbons (Fsp3) is 0.722. The van der Waals surface area contributed by atoms with Gasteiger partial charge in [0.25, 0.3) is 0 Å². The van der Waals surface area contributed by atoms with Gasteiger partial charge in [-0.2, -0.15) is 0 Å². The number of hydrogen-bond donors (Lipinski definition) is 9. The molecule has 0 heterocycles. The fourth-order valence-corrected chi connectivity index (χ4v) is 2.51. The SMILES string of the molecule is CC(O)C(N)C(=O)NC(CCCCN)C(=O)NC(CO)C(=O)NC(CCC(=O)O)C(=O)O. The Labute approximate surface area is 184 Å². The van der Waals surface area contributed by atoms with Gasteiger partial charge in [0.05, 0.1) is 12.7 Å². The summed E-state index contributed by atoms with van der Waals surface area (Å²) in [6.45, 7) is 0.743. The van der Waals surface area contributed by atoms with E-state index in [9.17, 15) is 34.2 Å². The summed E-state index contributed by atoms with van der Waals surface area (Å²) in [6.07, 6.45) is -1.01. The van der Waals surface area contributed by atoms with Crippen molar-refractivity contribution in [3.05, 3.63) is 0 Å². The van der Waals surface area contributed by atoms with E-state index in [0.29, 0.717) is 19.4 Å². The molecule has 0 radical (unpaired) electrons. The molecule has 5 unspecified atom stereocenters. The van der Waals surface area contributed by atoms with Gasteiger partial charge in [0, 0.05) is 6.42 Å². The zero-order chi connectivity index (χ0) is 24.8. The van der Waals surface area contributed by atoms with Gasteiger partial charge in [0.1, 0.15) is 24.2 Å². The highest BCUT2D eigenvalue weighted by atomic mass is 16.4. The second kappa shape index (κ2) is 15.1. The lowest BCUT2D eigenvalue weighted by Crippen LogP contribution is -2.58. The number of carbonyl (C=O) groups excluding carboxylic acids is 3. The monoisotopic (exact) mass is 463 g/mol. The van der Waals surface area contributed by atoms with Crippen molar-refractivity contribution in [3.8, 4) is 0 Å². The van der Waals surface area contributed by atoms with Crippen LogP contribution in [0.15, 0.2) is 0 Å². The zero-order valence-electron chi connectivity index (χ0n) is 17.8. The summed E-state index contributed by atoms with van der Waals surface area (Å²) >= 11 is 0. The molecule has 0 saturated carbocycles.